The van der Waals surface area contributed by atoms with Gasteiger partial charge in [-0.25, -0.2) is 4.79 Å². The maximum absolute atomic E-state index is 13.0. The number of benzene rings is 2. The first-order chi connectivity index (χ1) is 13.4. The summed E-state index contributed by atoms with van der Waals surface area (Å²) in [7, 11) is 1.53. The molecule has 2 aromatic carbocycles. The van der Waals surface area contributed by atoms with Crippen LogP contribution in [0.5, 0.6) is 0 Å². The Morgan fingerprint density at radius 1 is 1.00 bits per heavy atom. The van der Waals surface area contributed by atoms with E-state index < -0.39 is 0 Å². The van der Waals surface area contributed by atoms with Crippen LogP contribution < -0.4 is 16.1 Å². The van der Waals surface area contributed by atoms with E-state index >= 15 is 0 Å². The lowest BCUT2D eigenvalue weighted by Crippen LogP contribution is -2.40. The second-order valence-corrected chi connectivity index (χ2v) is 7.73. The molecule has 3 aromatic rings. The van der Waals surface area contributed by atoms with Gasteiger partial charge in [0.25, 0.3) is 5.56 Å². The highest BCUT2D eigenvalue weighted by atomic mass is 16.2. The molecular weight excluding hydrogens is 350 g/mol. The van der Waals surface area contributed by atoms with Gasteiger partial charge in [0.1, 0.15) is 5.82 Å². The molecule has 28 heavy (non-hydrogen) atoms. The number of aryl methyl sites for hydroxylation is 2. The molecule has 5 nitrogen and oxygen atoms in total. The zero-order chi connectivity index (χ0) is 19.8. The first kappa shape index (κ1) is 18.3. The van der Waals surface area contributed by atoms with Gasteiger partial charge < -0.3 is 4.90 Å². The molecule has 0 saturated carbocycles. The van der Waals surface area contributed by atoms with Crippen molar-refractivity contribution in [1.82, 2.24) is 9.55 Å². The molecule has 5 heteroatoms. The number of aromatic nitrogens is 2. The van der Waals surface area contributed by atoms with Crippen molar-refractivity contribution in [3.63, 3.8) is 0 Å². The van der Waals surface area contributed by atoms with E-state index in [0.717, 1.165) is 18.5 Å². The van der Waals surface area contributed by atoms with Crippen LogP contribution in [0.15, 0.2) is 52.1 Å². The summed E-state index contributed by atoms with van der Waals surface area (Å²) in [6.07, 6.45) is 1.40. The molecule has 1 aromatic heterocycles. The molecular formula is C23H25N3O2. The zero-order valence-electron chi connectivity index (χ0n) is 16.6. The number of anilines is 1. The number of rotatable bonds is 3. The minimum Gasteiger partial charge on any atom is -0.353 e. The van der Waals surface area contributed by atoms with E-state index in [0.29, 0.717) is 24.3 Å². The van der Waals surface area contributed by atoms with Crippen LogP contribution in [0.3, 0.4) is 0 Å². The molecule has 2 heterocycles. The quantitative estimate of drug-likeness (QED) is 0.766. The monoisotopic (exact) mass is 375 g/mol. The summed E-state index contributed by atoms with van der Waals surface area (Å²) < 4.78 is 1.17. The summed E-state index contributed by atoms with van der Waals surface area (Å²) in [6, 6.07) is 14.7. The fourth-order valence-electron chi connectivity index (χ4n) is 4.15. The van der Waals surface area contributed by atoms with Crippen molar-refractivity contribution in [3.05, 3.63) is 96.7 Å². The SMILES string of the molecule is Cc1cc(C)cc(Cc2c(N3CCc4ccccc4C3)[nH]c(=O)n(C)c2=O)c1. The zero-order valence-corrected chi connectivity index (χ0v) is 16.6. The molecule has 0 fully saturated rings. The van der Waals surface area contributed by atoms with Gasteiger partial charge in [-0.2, -0.15) is 0 Å². The average Bonchev–Trinajstić information content (AvgIpc) is 2.67. The molecule has 0 saturated heterocycles. The molecule has 4 rings (SSSR count). The average molecular weight is 375 g/mol. The van der Waals surface area contributed by atoms with Crippen LogP contribution in [-0.2, 0) is 26.4 Å². The minimum atomic E-state index is -0.372. The standard InChI is InChI=1S/C23H25N3O2/c1-15-10-16(2)12-17(11-15)13-20-21(24-23(28)25(3)22(20)27)26-9-8-18-6-4-5-7-19(18)14-26/h4-7,10-12H,8-9,13-14H2,1-3H3,(H,24,28). The lowest BCUT2D eigenvalue weighted by Gasteiger charge is -2.31. The molecule has 0 atom stereocenters. The number of hydrogen-bond donors (Lipinski definition) is 1. The predicted octanol–water partition coefficient (Wildman–Crippen LogP) is 2.84. The molecule has 0 spiro atoms. The van der Waals surface area contributed by atoms with Gasteiger partial charge in [-0.05, 0) is 37.0 Å². The molecule has 1 N–H and O–H groups in total. The Kier molecular flexibility index (Phi) is 4.67. The van der Waals surface area contributed by atoms with Gasteiger partial charge in [0.15, 0.2) is 0 Å². The van der Waals surface area contributed by atoms with Crippen molar-refractivity contribution < 1.29 is 0 Å². The number of nitrogens with zero attached hydrogens (tertiary/aromatic N) is 2. The fraction of sp³-hybridized carbons (Fsp3) is 0.304. The van der Waals surface area contributed by atoms with E-state index in [2.05, 4.69) is 60.1 Å². The van der Waals surface area contributed by atoms with Crippen LogP contribution in [0.4, 0.5) is 5.82 Å². The Labute approximate surface area is 164 Å². The second kappa shape index (κ2) is 7.15. The van der Waals surface area contributed by atoms with Crippen LogP contribution >= 0.6 is 0 Å². The van der Waals surface area contributed by atoms with Crippen LogP contribution in [0.2, 0.25) is 0 Å². The Balaban J connectivity index is 1.79. The summed E-state index contributed by atoms with van der Waals surface area (Å²) in [6.45, 7) is 5.59. The van der Waals surface area contributed by atoms with Crippen LogP contribution in [0.25, 0.3) is 0 Å². The third-order valence-electron chi connectivity index (χ3n) is 5.49. The Morgan fingerprint density at radius 3 is 2.39 bits per heavy atom. The Hall–Kier alpha value is -3.08. The summed E-state index contributed by atoms with van der Waals surface area (Å²) in [4.78, 5) is 30.4. The maximum atomic E-state index is 13.0. The minimum absolute atomic E-state index is 0.225. The highest BCUT2D eigenvalue weighted by Crippen LogP contribution is 2.25. The lowest BCUT2D eigenvalue weighted by atomic mass is 9.98. The van der Waals surface area contributed by atoms with Crippen molar-refractivity contribution in [2.45, 2.75) is 33.2 Å². The Bertz CT molecular complexity index is 1140. The van der Waals surface area contributed by atoms with E-state index in [1.165, 1.54) is 33.9 Å². The number of nitrogens with one attached hydrogen (secondary N) is 1. The van der Waals surface area contributed by atoms with E-state index in [1.54, 1.807) is 0 Å². The van der Waals surface area contributed by atoms with Crippen molar-refractivity contribution in [1.29, 1.82) is 0 Å². The van der Waals surface area contributed by atoms with Gasteiger partial charge >= 0.3 is 5.69 Å². The molecule has 0 radical (unpaired) electrons. The smallest absolute Gasteiger partial charge is 0.329 e. The summed E-state index contributed by atoms with van der Waals surface area (Å²) in [5, 5.41) is 0. The summed E-state index contributed by atoms with van der Waals surface area (Å²) >= 11 is 0. The van der Waals surface area contributed by atoms with E-state index in [4.69, 9.17) is 0 Å². The predicted molar refractivity (Wildman–Crippen MR) is 112 cm³/mol. The number of aromatic amines is 1. The van der Waals surface area contributed by atoms with Crippen LogP contribution in [0, 0.1) is 13.8 Å². The fourth-order valence-corrected chi connectivity index (χ4v) is 4.15. The molecule has 1 aliphatic heterocycles. The molecule has 0 bridgehead atoms. The topological polar surface area (TPSA) is 58.1 Å². The third kappa shape index (κ3) is 3.40. The highest BCUT2D eigenvalue weighted by Gasteiger charge is 2.22. The number of fused-ring (bicyclic) bond motifs is 1. The van der Waals surface area contributed by atoms with Gasteiger partial charge in [-0.3, -0.25) is 14.3 Å². The van der Waals surface area contributed by atoms with Gasteiger partial charge in [0, 0.05) is 26.6 Å². The van der Waals surface area contributed by atoms with E-state index in [-0.39, 0.29) is 11.2 Å². The van der Waals surface area contributed by atoms with Crippen molar-refractivity contribution in [2.24, 2.45) is 7.05 Å². The molecule has 144 valence electrons. The lowest BCUT2D eigenvalue weighted by molar-refractivity contribution is 0.688. The summed E-state index contributed by atoms with van der Waals surface area (Å²) in [5.41, 5.74) is 6.05. The number of H-pyrrole nitrogens is 1. The van der Waals surface area contributed by atoms with Gasteiger partial charge in [-0.15, -0.1) is 0 Å². The molecule has 0 unspecified atom stereocenters. The second-order valence-electron chi connectivity index (χ2n) is 7.73. The van der Waals surface area contributed by atoms with Crippen LogP contribution in [-0.4, -0.2) is 16.1 Å². The first-order valence-corrected chi connectivity index (χ1v) is 9.63. The van der Waals surface area contributed by atoms with Crippen molar-refractivity contribution >= 4 is 5.82 Å². The molecule has 0 amide bonds. The number of hydrogen-bond acceptors (Lipinski definition) is 3. The van der Waals surface area contributed by atoms with Crippen LogP contribution in [0.1, 0.15) is 33.4 Å². The third-order valence-corrected chi connectivity index (χ3v) is 5.49. The Morgan fingerprint density at radius 2 is 1.68 bits per heavy atom. The van der Waals surface area contributed by atoms with E-state index in [1.807, 2.05) is 6.07 Å². The van der Waals surface area contributed by atoms with Gasteiger partial charge in [0.2, 0.25) is 0 Å². The normalized spacial score (nSPS) is 13.5. The first-order valence-electron chi connectivity index (χ1n) is 9.63. The largest absolute Gasteiger partial charge is 0.353 e. The van der Waals surface area contributed by atoms with Gasteiger partial charge in [0.05, 0.1) is 5.56 Å². The van der Waals surface area contributed by atoms with Gasteiger partial charge in [-0.1, -0.05) is 53.6 Å². The van der Waals surface area contributed by atoms with Crippen molar-refractivity contribution in [2.75, 3.05) is 11.4 Å². The highest BCUT2D eigenvalue weighted by molar-refractivity contribution is 5.51. The maximum Gasteiger partial charge on any atom is 0.329 e. The molecule has 0 aliphatic carbocycles. The molecule has 1 aliphatic rings. The van der Waals surface area contributed by atoms with E-state index in [9.17, 15) is 9.59 Å². The van der Waals surface area contributed by atoms with Crippen molar-refractivity contribution in [3.8, 4) is 0 Å². The summed E-state index contributed by atoms with van der Waals surface area (Å²) in [5.74, 6) is 0.654.